The fourth-order valence-electron chi connectivity index (χ4n) is 1.82. The second-order valence-corrected chi connectivity index (χ2v) is 4.44. The summed E-state index contributed by atoms with van der Waals surface area (Å²) in [5.41, 5.74) is 1.11. The molecule has 1 nitrogen and oxygen atoms in total. The lowest BCUT2D eigenvalue weighted by Gasteiger charge is -2.28. The summed E-state index contributed by atoms with van der Waals surface area (Å²) >= 11 is 3.19. The Hall–Kier alpha value is -0.260. The first-order chi connectivity index (χ1) is 6.98. The van der Waals surface area contributed by atoms with Crippen LogP contribution in [0.4, 0.5) is 13.2 Å². The van der Waals surface area contributed by atoms with E-state index >= 15 is 0 Å². The Morgan fingerprint density at radius 2 is 2.00 bits per heavy atom. The third kappa shape index (κ3) is 2.70. The van der Waals surface area contributed by atoms with Crippen molar-refractivity contribution < 1.29 is 13.2 Å². The highest BCUT2D eigenvalue weighted by atomic mass is 79.9. The van der Waals surface area contributed by atoms with Crippen LogP contribution in [0.25, 0.3) is 0 Å². The molecule has 1 N–H and O–H groups in total. The number of hydrogen-bond donors (Lipinski definition) is 1. The summed E-state index contributed by atoms with van der Waals surface area (Å²) in [4.78, 5) is 0. The van der Waals surface area contributed by atoms with Crippen LogP contribution in [0.1, 0.15) is 17.2 Å². The van der Waals surface area contributed by atoms with Crippen molar-refractivity contribution in [3.8, 4) is 0 Å². The molecule has 0 fully saturated rings. The van der Waals surface area contributed by atoms with Crippen LogP contribution in [0, 0.1) is 0 Å². The summed E-state index contributed by atoms with van der Waals surface area (Å²) in [6, 6.07) is 3.54. The van der Waals surface area contributed by atoms with Crippen LogP contribution < -0.4 is 5.32 Å². The van der Waals surface area contributed by atoms with E-state index in [1.165, 1.54) is 0 Å². The SMILES string of the molecule is Cl.FC(F)(F)C1NCCc2ccc(Br)cc21. The van der Waals surface area contributed by atoms with Gasteiger partial charge in [0.05, 0.1) is 0 Å². The average Bonchev–Trinajstić information content (AvgIpc) is 2.15. The lowest BCUT2D eigenvalue weighted by atomic mass is 9.94. The number of halogens is 5. The molecule has 0 spiro atoms. The maximum absolute atomic E-state index is 12.7. The summed E-state index contributed by atoms with van der Waals surface area (Å²) in [7, 11) is 0. The molecule has 0 radical (unpaired) electrons. The minimum Gasteiger partial charge on any atom is -0.302 e. The zero-order valence-corrected chi connectivity index (χ0v) is 10.5. The number of nitrogens with one attached hydrogen (secondary N) is 1. The molecule has 0 saturated heterocycles. The smallest absolute Gasteiger partial charge is 0.302 e. The van der Waals surface area contributed by atoms with Gasteiger partial charge in [-0.25, -0.2) is 0 Å². The normalized spacial score (nSPS) is 19.9. The van der Waals surface area contributed by atoms with Gasteiger partial charge in [-0.3, -0.25) is 0 Å². The fourth-order valence-corrected chi connectivity index (χ4v) is 2.19. The molecule has 1 atom stereocenters. The number of benzene rings is 1. The van der Waals surface area contributed by atoms with E-state index in [2.05, 4.69) is 21.2 Å². The lowest BCUT2D eigenvalue weighted by Crippen LogP contribution is -2.39. The minimum absolute atomic E-state index is 0. The Kier molecular flexibility index (Phi) is 4.26. The Labute approximate surface area is 106 Å². The highest BCUT2D eigenvalue weighted by molar-refractivity contribution is 9.10. The number of rotatable bonds is 0. The zero-order chi connectivity index (χ0) is 11.1. The molecule has 1 aliphatic rings. The number of alkyl halides is 3. The van der Waals surface area contributed by atoms with Gasteiger partial charge in [-0.2, -0.15) is 13.2 Å². The Bertz CT molecular complexity index is 381. The Morgan fingerprint density at radius 3 is 2.62 bits per heavy atom. The van der Waals surface area contributed by atoms with Crippen LogP contribution in [0.5, 0.6) is 0 Å². The van der Waals surface area contributed by atoms with Crippen molar-refractivity contribution in [2.75, 3.05) is 6.54 Å². The van der Waals surface area contributed by atoms with E-state index in [0.717, 1.165) is 5.56 Å². The summed E-state index contributed by atoms with van der Waals surface area (Å²) in [5, 5.41) is 2.50. The minimum atomic E-state index is -4.23. The van der Waals surface area contributed by atoms with Gasteiger partial charge in [-0.05, 0) is 29.7 Å². The molecule has 0 bridgehead atoms. The van der Waals surface area contributed by atoms with Crippen LogP contribution in [0.3, 0.4) is 0 Å². The van der Waals surface area contributed by atoms with Crippen LogP contribution in [-0.4, -0.2) is 12.7 Å². The molecule has 0 amide bonds. The van der Waals surface area contributed by atoms with Gasteiger partial charge in [0, 0.05) is 11.0 Å². The van der Waals surface area contributed by atoms with E-state index in [1.54, 1.807) is 18.2 Å². The van der Waals surface area contributed by atoms with Gasteiger partial charge in [0.15, 0.2) is 0 Å². The molecule has 0 aromatic heterocycles. The first kappa shape index (κ1) is 13.8. The topological polar surface area (TPSA) is 12.0 Å². The van der Waals surface area contributed by atoms with E-state index in [9.17, 15) is 13.2 Å². The lowest BCUT2D eigenvalue weighted by molar-refractivity contribution is -0.158. The first-order valence-electron chi connectivity index (χ1n) is 4.57. The summed E-state index contributed by atoms with van der Waals surface area (Å²) in [6.45, 7) is 0.374. The molecule has 1 unspecified atom stereocenters. The molecule has 1 aromatic rings. The second kappa shape index (κ2) is 4.94. The summed E-state index contributed by atoms with van der Waals surface area (Å²) in [5.74, 6) is 0. The van der Waals surface area contributed by atoms with E-state index in [0.29, 0.717) is 23.0 Å². The van der Waals surface area contributed by atoms with E-state index in [4.69, 9.17) is 0 Å². The molecule has 90 valence electrons. The number of fused-ring (bicyclic) bond motifs is 1. The van der Waals surface area contributed by atoms with Crippen LogP contribution >= 0.6 is 28.3 Å². The van der Waals surface area contributed by atoms with Crippen molar-refractivity contribution in [2.45, 2.75) is 18.6 Å². The maximum Gasteiger partial charge on any atom is 0.407 e. The highest BCUT2D eigenvalue weighted by Gasteiger charge is 2.42. The van der Waals surface area contributed by atoms with Gasteiger partial charge in [0.2, 0.25) is 0 Å². The highest BCUT2D eigenvalue weighted by Crippen LogP contribution is 2.37. The number of hydrogen-bond acceptors (Lipinski definition) is 1. The molecule has 0 aliphatic carbocycles. The van der Waals surface area contributed by atoms with Crippen molar-refractivity contribution in [1.29, 1.82) is 0 Å². The van der Waals surface area contributed by atoms with Crippen molar-refractivity contribution in [1.82, 2.24) is 5.32 Å². The predicted octanol–water partition coefficient (Wildman–Crippen LogP) is 3.62. The fraction of sp³-hybridized carbons (Fsp3) is 0.400. The molecule has 1 aliphatic heterocycles. The molecule has 0 saturated carbocycles. The van der Waals surface area contributed by atoms with Gasteiger partial charge in [-0.1, -0.05) is 22.0 Å². The molecule has 6 heteroatoms. The third-order valence-electron chi connectivity index (χ3n) is 2.49. The largest absolute Gasteiger partial charge is 0.407 e. The van der Waals surface area contributed by atoms with Crippen LogP contribution in [-0.2, 0) is 6.42 Å². The molecule has 1 aromatic carbocycles. The van der Waals surface area contributed by atoms with Crippen molar-refractivity contribution in [2.24, 2.45) is 0 Å². The van der Waals surface area contributed by atoms with E-state index < -0.39 is 12.2 Å². The standard InChI is InChI=1S/C10H9BrF3N.ClH/c11-7-2-1-6-3-4-15-9(8(6)5-7)10(12,13)14;/h1-2,5,9,15H,3-4H2;1H. The molecular weight excluding hydrogens is 306 g/mol. The van der Waals surface area contributed by atoms with Gasteiger partial charge in [-0.15, -0.1) is 12.4 Å². The summed E-state index contributed by atoms with van der Waals surface area (Å²) < 4.78 is 38.7. The first-order valence-corrected chi connectivity index (χ1v) is 5.36. The molecule has 1 heterocycles. The van der Waals surface area contributed by atoms with Gasteiger partial charge < -0.3 is 5.32 Å². The third-order valence-corrected chi connectivity index (χ3v) is 2.98. The van der Waals surface area contributed by atoms with Gasteiger partial charge in [0.1, 0.15) is 6.04 Å². The molecule has 2 rings (SSSR count). The quantitative estimate of drug-likeness (QED) is 0.771. The van der Waals surface area contributed by atoms with E-state index in [1.807, 2.05) is 0 Å². The van der Waals surface area contributed by atoms with Crippen molar-refractivity contribution >= 4 is 28.3 Å². The van der Waals surface area contributed by atoms with Crippen LogP contribution in [0.2, 0.25) is 0 Å². The van der Waals surface area contributed by atoms with Crippen molar-refractivity contribution in [3.05, 3.63) is 33.8 Å². The Morgan fingerprint density at radius 1 is 1.31 bits per heavy atom. The molecule has 16 heavy (non-hydrogen) atoms. The maximum atomic E-state index is 12.7. The van der Waals surface area contributed by atoms with Gasteiger partial charge >= 0.3 is 6.18 Å². The van der Waals surface area contributed by atoms with Gasteiger partial charge in [0.25, 0.3) is 0 Å². The second-order valence-electron chi connectivity index (χ2n) is 3.52. The van der Waals surface area contributed by atoms with Crippen LogP contribution in [0.15, 0.2) is 22.7 Å². The van der Waals surface area contributed by atoms with Crippen molar-refractivity contribution in [3.63, 3.8) is 0 Å². The monoisotopic (exact) mass is 315 g/mol. The average molecular weight is 317 g/mol. The Balaban J connectivity index is 0.00000128. The predicted molar refractivity (Wildman–Crippen MR) is 61.9 cm³/mol. The zero-order valence-electron chi connectivity index (χ0n) is 8.14. The molecular formula is C10H10BrClF3N. The summed E-state index contributed by atoms with van der Waals surface area (Å²) in [6.07, 6.45) is -3.58. The van der Waals surface area contributed by atoms with E-state index in [-0.39, 0.29) is 12.4 Å².